The maximum absolute atomic E-state index is 11.1. The first-order valence-corrected chi connectivity index (χ1v) is 8.21. The highest BCUT2D eigenvalue weighted by Crippen LogP contribution is 2.31. The van der Waals surface area contributed by atoms with Gasteiger partial charge >= 0.3 is 0 Å². The number of hydrogen-bond acceptors (Lipinski definition) is 3. The summed E-state index contributed by atoms with van der Waals surface area (Å²) in [4.78, 5) is 11.1. The van der Waals surface area contributed by atoms with Crippen molar-refractivity contribution in [2.75, 3.05) is 13.2 Å². The number of halogens is 2. The average molecular weight is 396 g/mol. The number of ether oxygens (including phenoxy) is 2. The van der Waals surface area contributed by atoms with Crippen molar-refractivity contribution in [1.29, 1.82) is 0 Å². The molecule has 3 nitrogen and oxygen atoms in total. The summed E-state index contributed by atoms with van der Waals surface area (Å²) in [7, 11) is 0. The zero-order chi connectivity index (χ0) is 16.7. The van der Waals surface area contributed by atoms with Gasteiger partial charge in [0, 0.05) is 5.02 Å². The molecular formula is C18H16BrClO3. The number of para-hydroxylation sites is 1. The van der Waals surface area contributed by atoms with Crippen LogP contribution in [-0.4, -0.2) is 19.5 Å². The molecular weight excluding hydrogens is 380 g/mol. The molecule has 2 rings (SSSR count). The Balaban J connectivity index is 1.96. The van der Waals surface area contributed by atoms with Crippen LogP contribution in [0.5, 0.6) is 11.5 Å². The molecule has 0 aliphatic heterocycles. The fraction of sp³-hybridized carbons (Fsp3) is 0.167. The SMILES string of the molecule is C=CCc1ccccc1OCCOc1c(Br)cc(Cl)cc1C=O. The summed E-state index contributed by atoms with van der Waals surface area (Å²) in [6.07, 6.45) is 3.29. The monoisotopic (exact) mass is 394 g/mol. The van der Waals surface area contributed by atoms with Gasteiger partial charge in [0.05, 0.1) is 10.0 Å². The molecule has 0 fully saturated rings. The summed E-state index contributed by atoms with van der Waals surface area (Å²) >= 11 is 9.26. The van der Waals surface area contributed by atoms with E-state index in [4.69, 9.17) is 21.1 Å². The first-order chi connectivity index (χ1) is 11.2. The second-order valence-electron chi connectivity index (χ2n) is 4.72. The molecule has 0 atom stereocenters. The Bertz CT molecular complexity index is 701. The Morgan fingerprint density at radius 2 is 1.91 bits per heavy atom. The van der Waals surface area contributed by atoms with Crippen LogP contribution < -0.4 is 9.47 Å². The van der Waals surface area contributed by atoms with E-state index < -0.39 is 0 Å². The van der Waals surface area contributed by atoms with Crippen LogP contribution in [0.2, 0.25) is 5.02 Å². The molecule has 0 unspecified atom stereocenters. The first kappa shape index (κ1) is 17.6. The molecule has 2 aromatic carbocycles. The van der Waals surface area contributed by atoms with E-state index in [0.717, 1.165) is 17.7 Å². The third-order valence-electron chi connectivity index (χ3n) is 3.09. The largest absolute Gasteiger partial charge is 0.490 e. The summed E-state index contributed by atoms with van der Waals surface area (Å²) in [5.41, 5.74) is 1.47. The summed E-state index contributed by atoms with van der Waals surface area (Å²) in [5, 5.41) is 0.473. The van der Waals surface area contributed by atoms with Crippen LogP contribution in [0.1, 0.15) is 15.9 Å². The molecule has 0 bridgehead atoms. The second-order valence-corrected chi connectivity index (χ2v) is 6.01. The number of allylic oxidation sites excluding steroid dienone is 1. The Kier molecular flexibility index (Phi) is 6.68. The van der Waals surface area contributed by atoms with Crippen LogP contribution >= 0.6 is 27.5 Å². The van der Waals surface area contributed by atoms with Crippen molar-refractivity contribution in [3.8, 4) is 11.5 Å². The quantitative estimate of drug-likeness (QED) is 0.354. The molecule has 2 aromatic rings. The fourth-order valence-electron chi connectivity index (χ4n) is 2.08. The molecule has 0 radical (unpaired) electrons. The summed E-state index contributed by atoms with van der Waals surface area (Å²) in [6, 6.07) is 11.0. The minimum absolute atomic E-state index is 0.309. The number of carbonyl (C=O) groups is 1. The normalized spacial score (nSPS) is 10.2. The lowest BCUT2D eigenvalue weighted by Crippen LogP contribution is -2.11. The number of rotatable bonds is 8. The van der Waals surface area contributed by atoms with E-state index in [1.807, 2.05) is 30.3 Å². The predicted molar refractivity (Wildman–Crippen MR) is 95.9 cm³/mol. The van der Waals surface area contributed by atoms with Gasteiger partial charge in [-0.15, -0.1) is 6.58 Å². The molecule has 23 heavy (non-hydrogen) atoms. The van der Waals surface area contributed by atoms with Crippen LogP contribution in [0.25, 0.3) is 0 Å². The fourth-order valence-corrected chi connectivity index (χ4v) is 3.03. The van der Waals surface area contributed by atoms with Gasteiger partial charge < -0.3 is 9.47 Å². The van der Waals surface area contributed by atoms with Crippen LogP contribution in [0.4, 0.5) is 0 Å². The topological polar surface area (TPSA) is 35.5 Å². The van der Waals surface area contributed by atoms with Gasteiger partial charge in [-0.25, -0.2) is 0 Å². The van der Waals surface area contributed by atoms with Gasteiger partial charge in [0.25, 0.3) is 0 Å². The summed E-state index contributed by atoms with van der Waals surface area (Å²) < 4.78 is 12.0. The number of aldehydes is 1. The molecule has 5 heteroatoms. The average Bonchev–Trinajstić information content (AvgIpc) is 2.54. The Morgan fingerprint density at radius 1 is 1.17 bits per heavy atom. The Labute approximate surface area is 149 Å². The minimum atomic E-state index is 0.309. The van der Waals surface area contributed by atoms with Crippen LogP contribution in [0.15, 0.2) is 53.5 Å². The van der Waals surface area contributed by atoms with Crippen molar-refractivity contribution < 1.29 is 14.3 Å². The smallest absolute Gasteiger partial charge is 0.153 e. The lowest BCUT2D eigenvalue weighted by molar-refractivity contribution is 0.111. The zero-order valence-corrected chi connectivity index (χ0v) is 14.8. The van der Waals surface area contributed by atoms with Crippen LogP contribution in [0.3, 0.4) is 0 Å². The van der Waals surface area contributed by atoms with E-state index in [1.54, 1.807) is 12.1 Å². The van der Waals surface area contributed by atoms with Crippen LogP contribution in [0, 0.1) is 0 Å². The lowest BCUT2D eigenvalue weighted by atomic mass is 10.1. The molecule has 0 aromatic heterocycles. The van der Waals surface area contributed by atoms with Gasteiger partial charge in [0.1, 0.15) is 24.7 Å². The molecule has 0 N–H and O–H groups in total. The molecule has 120 valence electrons. The van der Waals surface area contributed by atoms with E-state index in [-0.39, 0.29) is 0 Å². The summed E-state index contributed by atoms with van der Waals surface area (Å²) in [6.45, 7) is 4.41. The number of carbonyl (C=O) groups excluding carboxylic acids is 1. The van der Waals surface area contributed by atoms with E-state index in [0.29, 0.717) is 40.3 Å². The van der Waals surface area contributed by atoms with Gasteiger partial charge in [-0.3, -0.25) is 4.79 Å². The molecule has 0 aliphatic carbocycles. The van der Waals surface area contributed by atoms with E-state index in [1.165, 1.54) is 0 Å². The highest BCUT2D eigenvalue weighted by molar-refractivity contribution is 9.10. The van der Waals surface area contributed by atoms with E-state index in [2.05, 4.69) is 22.5 Å². The van der Waals surface area contributed by atoms with E-state index >= 15 is 0 Å². The summed E-state index contributed by atoms with van der Waals surface area (Å²) in [5.74, 6) is 1.27. The van der Waals surface area contributed by atoms with Gasteiger partial charge in [-0.05, 0) is 46.1 Å². The van der Waals surface area contributed by atoms with Crippen molar-refractivity contribution in [3.63, 3.8) is 0 Å². The molecule has 0 saturated carbocycles. The minimum Gasteiger partial charge on any atom is -0.490 e. The first-order valence-electron chi connectivity index (χ1n) is 7.04. The van der Waals surface area contributed by atoms with E-state index in [9.17, 15) is 4.79 Å². The molecule has 0 heterocycles. The van der Waals surface area contributed by atoms with Gasteiger partial charge in [0.15, 0.2) is 6.29 Å². The second kappa shape index (κ2) is 8.75. The lowest BCUT2D eigenvalue weighted by Gasteiger charge is -2.13. The van der Waals surface area contributed by atoms with Crippen molar-refractivity contribution in [3.05, 3.63) is 69.7 Å². The number of benzene rings is 2. The van der Waals surface area contributed by atoms with Crippen molar-refractivity contribution in [2.45, 2.75) is 6.42 Å². The molecule has 0 aliphatic rings. The molecule has 0 amide bonds. The molecule has 0 spiro atoms. The predicted octanol–water partition coefficient (Wildman–Crippen LogP) is 5.10. The Morgan fingerprint density at radius 3 is 2.65 bits per heavy atom. The molecule has 0 saturated heterocycles. The standard InChI is InChI=1S/C18H16BrClO3/c1-2-5-13-6-3-4-7-17(13)22-8-9-23-18-14(12-21)10-15(20)11-16(18)19/h2-4,6-7,10-12H,1,5,8-9H2. The van der Waals surface area contributed by atoms with Gasteiger partial charge in [-0.1, -0.05) is 35.9 Å². The zero-order valence-electron chi connectivity index (χ0n) is 12.4. The van der Waals surface area contributed by atoms with Crippen molar-refractivity contribution >= 4 is 33.8 Å². The van der Waals surface area contributed by atoms with Crippen molar-refractivity contribution in [1.82, 2.24) is 0 Å². The third-order valence-corrected chi connectivity index (χ3v) is 3.90. The van der Waals surface area contributed by atoms with Crippen LogP contribution in [-0.2, 0) is 6.42 Å². The number of hydrogen-bond donors (Lipinski definition) is 0. The highest BCUT2D eigenvalue weighted by Gasteiger charge is 2.10. The van der Waals surface area contributed by atoms with Crippen molar-refractivity contribution in [2.24, 2.45) is 0 Å². The third kappa shape index (κ3) is 4.85. The maximum Gasteiger partial charge on any atom is 0.153 e. The highest BCUT2D eigenvalue weighted by atomic mass is 79.9. The Hall–Kier alpha value is -1.78. The van der Waals surface area contributed by atoms with Gasteiger partial charge in [0.2, 0.25) is 0 Å². The van der Waals surface area contributed by atoms with Gasteiger partial charge in [-0.2, -0.15) is 0 Å². The maximum atomic E-state index is 11.1.